The Morgan fingerprint density at radius 1 is 0.758 bits per heavy atom. The van der Waals surface area contributed by atoms with E-state index in [0.29, 0.717) is 22.5 Å². The second-order valence-corrected chi connectivity index (χ2v) is 7.86. The standard InChI is InChI=1S/C26H17FN4O2/c27-16-9-15(11-18(33)12-16)19-5-2-6-22-20(19)13-24(28-22)26-25-23(30-31-26)8-7-21(29-25)14-3-1-4-17(32)10-14/h1-13,28,32-33H,(H,30,31). The zero-order valence-electron chi connectivity index (χ0n) is 17.2. The highest BCUT2D eigenvalue weighted by Gasteiger charge is 2.16. The minimum Gasteiger partial charge on any atom is -0.508 e. The van der Waals surface area contributed by atoms with Crippen LogP contribution in [0.1, 0.15) is 0 Å². The Balaban J connectivity index is 1.51. The first kappa shape index (κ1) is 19.1. The molecule has 0 fully saturated rings. The van der Waals surface area contributed by atoms with E-state index in [1.807, 2.05) is 42.5 Å². The van der Waals surface area contributed by atoms with Crippen molar-refractivity contribution in [3.05, 3.63) is 84.7 Å². The first-order valence-corrected chi connectivity index (χ1v) is 10.3. The molecule has 0 atom stereocenters. The molecule has 0 aliphatic heterocycles. The lowest BCUT2D eigenvalue weighted by Gasteiger charge is -2.05. The Hall–Kier alpha value is -4.65. The van der Waals surface area contributed by atoms with Crippen LogP contribution in [0.2, 0.25) is 0 Å². The summed E-state index contributed by atoms with van der Waals surface area (Å²) in [5.41, 5.74) is 6.61. The molecule has 6 aromatic rings. The molecule has 7 heteroatoms. The van der Waals surface area contributed by atoms with Crippen LogP contribution in [-0.4, -0.2) is 30.4 Å². The summed E-state index contributed by atoms with van der Waals surface area (Å²) in [5, 5.41) is 28.0. The number of nitrogens with one attached hydrogen (secondary N) is 2. The lowest BCUT2D eigenvalue weighted by Crippen LogP contribution is -1.85. The van der Waals surface area contributed by atoms with Crippen LogP contribution in [0.25, 0.3) is 55.7 Å². The maximum absolute atomic E-state index is 13.9. The summed E-state index contributed by atoms with van der Waals surface area (Å²) in [7, 11) is 0. The molecule has 0 aliphatic rings. The number of aromatic hydroxyl groups is 2. The molecule has 0 radical (unpaired) electrons. The number of benzene rings is 3. The summed E-state index contributed by atoms with van der Waals surface area (Å²) >= 11 is 0. The summed E-state index contributed by atoms with van der Waals surface area (Å²) in [4.78, 5) is 8.17. The maximum Gasteiger partial charge on any atom is 0.135 e. The van der Waals surface area contributed by atoms with Crippen molar-refractivity contribution in [1.82, 2.24) is 20.2 Å². The number of H-pyrrole nitrogens is 2. The van der Waals surface area contributed by atoms with Gasteiger partial charge in [0.25, 0.3) is 0 Å². The molecule has 0 unspecified atom stereocenters. The fourth-order valence-corrected chi connectivity index (χ4v) is 4.18. The molecular weight excluding hydrogens is 419 g/mol. The number of halogens is 1. The molecule has 0 saturated heterocycles. The molecule has 33 heavy (non-hydrogen) atoms. The molecule has 0 bridgehead atoms. The van der Waals surface area contributed by atoms with Gasteiger partial charge in [-0.2, -0.15) is 5.10 Å². The number of hydrogen-bond acceptors (Lipinski definition) is 4. The van der Waals surface area contributed by atoms with Crippen LogP contribution in [-0.2, 0) is 0 Å². The average molecular weight is 436 g/mol. The number of aromatic nitrogens is 4. The van der Waals surface area contributed by atoms with Crippen LogP contribution in [0.5, 0.6) is 11.5 Å². The molecule has 4 N–H and O–H groups in total. The molecule has 6 rings (SSSR count). The van der Waals surface area contributed by atoms with Crippen molar-refractivity contribution in [2.75, 3.05) is 0 Å². The number of phenolic OH excluding ortho intramolecular Hbond substituents is 2. The number of fused-ring (bicyclic) bond motifs is 2. The maximum atomic E-state index is 13.9. The van der Waals surface area contributed by atoms with Gasteiger partial charge in [-0.1, -0.05) is 24.3 Å². The van der Waals surface area contributed by atoms with Crippen molar-refractivity contribution in [2.45, 2.75) is 0 Å². The molecule has 0 amide bonds. The minimum absolute atomic E-state index is 0.125. The minimum atomic E-state index is -0.500. The van der Waals surface area contributed by atoms with Crippen LogP contribution in [0.3, 0.4) is 0 Å². The topological polar surface area (TPSA) is 97.8 Å². The summed E-state index contributed by atoms with van der Waals surface area (Å²) in [6.07, 6.45) is 0. The first-order chi connectivity index (χ1) is 16.0. The number of rotatable bonds is 3. The zero-order valence-corrected chi connectivity index (χ0v) is 17.2. The van der Waals surface area contributed by atoms with Gasteiger partial charge in [0.05, 0.1) is 16.9 Å². The van der Waals surface area contributed by atoms with Crippen LogP contribution < -0.4 is 0 Å². The van der Waals surface area contributed by atoms with E-state index in [1.165, 1.54) is 12.1 Å². The predicted molar refractivity (Wildman–Crippen MR) is 125 cm³/mol. The van der Waals surface area contributed by atoms with E-state index < -0.39 is 5.82 Å². The quantitative estimate of drug-likeness (QED) is 0.274. The normalized spacial score (nSPS) is 11.4. The fourth-order valence-electron chi connectivity index (χ4n) is 4.18. The highest BCUT2D eigenvalue weighted by atomic mass is 19.1. The molecular formula is C26H17FN4O2. The van der Waals surface area contributed by atoms with Crippen LogP contribution in [0, 0.1) is 5.82 Å². The van der Waals surface area contributed by atoms with Gasteiger partial charge in [0.1, 0.15) is 28.5 Å². The Kier molecular flexibility index (Phi) is 4.16. The average Bonchev–Trinajstić information content (AvgIpc) is 3.41. The van der Waals surface area contributed by atoms with Gasteiger partial charge in [0.15, 0.2) is 0 Å². The van der Waals surface area contributed by atoms with Crippen LogP contribution in [0.4, 0.5) is 4.39 Å². The van der Waals surface area contributed by atoms with Gasteiger partial charge in [-0.15, -0.1) is 0 Å². The van der Waals surface area contributed by atoms with E-state index in [2.05, 4.69) is 15.2 Å². The Morgan fingerprint density at radius 2 is 1.61 bits per heavy atom. The number of nitrogens with zero attached hydrogens (tertiary/aromatic N) is 2. The molecule has 6 nitrogen and oxygen atoms in total. The molecule has 3 aromatic carbocycles. The molecule has 3 aromatic heterocycles. The Bertz CT molecular complexity index is 1650. The fraction of sp³-hybridized carbons (Fsp3) is 0. The monoisotopic (exact) mass is 436 g/mol. The van der Waals surface area contributed by atoms with Crippen molar-refractivity contribution in [3.63, 3.8) is 0 Å². The lowest BCUT2D eigenvalue weighted by atomic mass is 10.0. The van der Waals surface area contributed by atoms with Gasteiger partial charge in [-0.25, -0.2) is 9.37 Å². The largest absolute Gasteiger partial charge is 0.508 e. The second-order valence-electron chi connectivity index (χ2n) is 7.86. The van der Waals surface area contributed by atoms with E-state index in [9.17, 15) is 14.6 Å². The summed E-state index contributed by atoms with van der Waals surface area (Å²) in [5.74, 6) is -0.451. The van der Waals surface area contributed by atoms with Crippen LogP contribution in [0.15, 0.2) is 78.9 Å². The first-order valence-electron chi connectivity index (χ1n) is 10.3. The van der Waals surface area contributed by atoms with Gasteiger partial charge in [-0.05, 0) is 59.7 Å². The molecule has 0 saturated carbocycles. The molecule has 160 valence electrons. The van der Waals surface area contributed by atoms with E-state index in [0.717, 1.165) is 39.3 Å². The Labute approximate surface area is 187 Å². The van der Waals surface area contributed by atoms with Crippen LogP contribution >= 0.6 is 0 Å². The van der Waals surface area contributed by atoms with E-state index in [-0.39, 0.29) is 11.5 Å². The molecule has 3 heterocycles. The number of hydrogen-bond donors (Lipinski definition) is 4. The van der Waals surface area contributed by atoms with E-state index in [1.54, 1.807) is 18.2 Å². The van der Waals surface area contributed by atoms with Crippen molar-refractivity contribution in [3.8, 4) is 45.3 Å². The highest BCUT2D eigenvalue weighted by molar-refractivity contribution is 6.00. The summed E-state index contributed by atoms with van der Waals surface area (Å²) < 4.78 is 13.9. The predicted octanol–water partition coefficient (Wildman–Crippen LogP) is 5.99. The third-order valence-corrected chi connectivity index (χ3v) is 5.66. The van der Waals surface area contributed by atoms with Gasteiger partial charge in [0, 0.05) is 22.5 Å². The smallest absolute Gasteiger partial charge is 0.135 e. The van der Waals surface area contributed by atoms with Crippen molar-refractivity contribution < 1.29 is 14.6 Å². The summed E-state index contributed by atoms with van der Waals surface area (Å²) in [6.45, 7) is 0. The van der Waals surface area contributed by atoms with Crippen molar-refractivity contribution in [1.29, 1.82) is 0 Å². The molecule has 0 spiro atoms. The van der Waals surface area contributed by atoms with Crippen molar-refractivity contribution in [2.24, 2.45) is 0 Å². The highest BCUT2D eigenvalue weighted by Crippen LogP contribution is 2.35. The van der Waals surface area contributed by atoms with E-state index in [4.69, 9.17) is 4.98 Å². The number of aromatic amines is 2. The number of phenols is 2. The third-order valence-electron chi connectivity index (χ3n) is 5.66. The Morgan fingerprint density at radius 3 is 2.45 bits per heavy atom. The number of pyridine rings is 1. The SMILES string of the molecule is Oc1cccc(-c2ccc3[nH]nc(-c4cc5c(-c6cc(O)cc(F)c6)cccc5[nH]4)c3n2)c1. The lowest BCUT2D eigenvalue weighted by molar-refractivity contribution is 0.469. The zero-order chi connectivity index (χ0) is 22.5. The van der Waals surface area contributed by atoms with Gasteiger partial charge in [-0.3, -0.25) is 5.10 Å². The van der Waals surface area contributed by atoms with Gasteiger partial charge < -0.3 is 15.2 Å². The van der Waals surface area contributed by atoms with E-state index >= 15 is 0 Å². The van der Waals surface area contributed by atoms with Crippen molar-refractivity contribution >= 4 is 21.9 Å². The summed E-state index contributed by atoms with van der Waals surface area (Å²) in [6, 6.07) is 22.4. The van der Waals surface area contributed by atoms with Gasteiger partial charge >= 0.3 is 0 Å². The van der Waals surface area contributed by atoms with Gasteiger partial charge in [0.2, 0.25) is 0 Å². The molecule has 0 aliphatic carbocycles. The third kappa shape index (κ3) is 3.27. The second kappa shape index (κ2) is 7.20.